The molecule has 0 aliphatic carbocycles. The van der Waals surface area contributed by atoms with Crippen molar-refractivity contribution in [3.05, 3.63) is 89.2 Å². The standard InChI is InChI=1S/C33H45N3O3/c1-7-9-12-27-16-18-29(19-17-27)33(38)35(25(3)4)24-32(37)36(26(5)8-2)23-30-14-11-20-34(30)22-28-13-10-15-31(21-28)39-6/h10-11,13-21,25-26H,7-9,12,22-24H2,1-6H3. The van der Waals surface area contributed by atoms with E-state index < -0.39 is 0 Å². The normalized spacial score (nSPS) is 11.9. The molecule has 6 nitrogen and oxygen atoms in total. The van der Waals surface area contributed by atoms with Crippen LogP contribution in [0.2, 0.25) is 0 Å². The van der Waals surface area contributed by atoms with Crippen molar-refractivity contribution >= 4 is 11.8 Å². The van der Waals surface area contributed by atoms with E-state index in [-0.39, 0.29) is 30.4 Å². The van der Waals surface area contributed by atoms with E-state index in [0.717, 1.165) is 42.7 Å². The number of carbonyl (C=O) groups excluding carboxylic acids is 2. The van der Waals surface area contributed by atoms with Gasteiger partial charge in [-0.15, -0.1) is 0 Å². The van der Waals surface area contributed by atoms with Gasteiger partial charge in [0.1, 0.15) is 12.3 Å². The Hall–Kier alpha value is -3.54. The summed E-state index contributed by atoms with van der Waals surface area (Å²) in [4.78, 5) is 30.8. The van der Waals surface area contributed by atoms with Crippen LogP contribution in [0.1, 0.15) is 81.1 Å². The molecule has 6 heteroatoms. The predicted molar refractivity (Wildman–Crippen MR) is 158 cm³/mol. The van der Waals surface area contributed by atoms with Crippen molar-refractivity contribution in [3.63, 3.8) is 0 Å². The smallest absolute Gasteiger partial charge is 0.254 e. The summed E-state index contributed by atoms with van der Waals surface area (Å²) in [5, 5.41) is 0. The number of hydrogen-bond acceptors (Lipinski definition) is 3. The van der Waals surface area contributed by atoms with Crippen LogP contribution < -0.4 is 4.74 Å². The zero-order valence-electron chi connectivity index (χ0n) is 24.5. The molecule has 1 unspecified atom stereocenters. The van der Waals surface area contributed by atoms with Crippen LogP contribution in [0.5, 0.6) is 5.75 Å². The van der Waals surface area contributed by atoms with E-state index in [0.29, 0.717) is 18.7 Å². The Labute approximate surface area is 234 Å². The second-order valence-corrected chi connectivity index (χ2v) is 10.6. The molecular weight excluding hydrogens is 486 g/mol. The number of rotatable bonds is 14. The highest BCUT2D eigenvalue weighted by Gasteiger charge is 2.27. The molecule has 1 heterocycles. The summed E-state index contributed by atoms with van der Waals surface area (Å²) in [6, 6.07) is 19.9. The van der Waals surface area contributed by atoms with Gasteiger partial charge < -0.3 is 19.1 Å². The highest BCUT2D eigenvalue weighted by Crippen LogP contribution is 2.19. The Morgan fingerprint density at radius 2 is 1.67 bits per heavy atom. The number of aromatic nitrogens is 1. The van der Waals surface area contributed by atoms with Gasteiger partial charge in [0.05, 0.1) is 13.7 Å². The molecular formula is C33H45N3O3. The minimum atomic E-state index is -0.106. The zero-order chi connectivity index (χ0) is 28.4. The average Bonchev–Trinajstić information content (AvgIpc) is 3.39. The first kappa shape index (κ1) is 30.0. The minimum absolute atomic E-state index is 0.0413. The SMILES string of the molecule is CCCCc1ccc(C(=O)N(CC(=O)N(Cc2cccn2Cc2cccc(OC)c2)C(C)CC)C(C)C)cc1. The van der Waals surface area contributed by atoms with E-state index in [1.165, 1.54) is 5.56 Å². The molecule has 0 saturated heterocycles. The molecule has 0 aliphatic rings. The molecule has 210 valence electrons. The molecule has 1 atom stereocenters. The molecule has 3 rings (SSSR count). The van der Waals surface area contributed by atoms with E-state index in [2.05, 4.69) is 37.5 Å². The molecule has 0 N–H and O–H groups in total. The summed E-state index contributed by atoms with van der Waals surface area (Å²) in [5.74, 6) is 0.678. The third kappa shape index (κ3) is 8.22. The van der Waals surface area contributed by atoms with Crippen LogP contribution in [0.15, 0.2) is 66.9 Å². The van der Waals surface area contributed by atoms with Crippen molar-refractivity contribution in [2.75, 3.05) is 13.7 Å². The lowest BCUT2D eigenvalue weighted by molar-refractivity contribution is -0.135. The van der Waals surface area contributed by atoms with E-state index in [9.17, 15) is 9.59 Å². The summed E-state index contributed by atoms with van der Waals surface area (Å²) in [6.45, 7) is 11.5. The Morgan fingerprint density at radius 1 is 0.923 bits per heavy atom. The molecule has 39 heavy (non-hydrogen) atoms. The number of benzene rings is 2. The number of ether oxygens (including phenoxy) is 1. The number of carbonyl (C=O) groups is 2. The number of nitrogens with zero attached hydrogens (tertiary/aromatic N) is 3. The average molecular weight is 532 g/mol. The maximum Gasteiger partial charge on any atom is 0.254 e. The van der Waals surface area contributed by atoms with Crippen molar-refractivity contribution < 1.29 is 14.3 Å². The number of aryl methyl sites for hydroxylation is 1. The van der Waals surface area contributed by atoms with Gasteiger partial charge >= 0.3 is 0 Å². The maximum absolute atomic E-state index is 13.8. The molecule has 0 aliphatic heterocycles. The van der Waals surface area contributed by atoms with E-state index >= 15 is 0 Å². The summed E-state index contributed by atoms with van der Waals surface area (Å²) >= 11 is 0. The van der Waals surface area contributed by atoms with Crippen molar-refractivity contribution in [2.24, 2.45) is 0 Å². The fourth-order valence-corrected chi connectivity index (χ4v) is 4.69. The summed E-state index contributed by atoms with van der Waals surface area (Å²) < 4.78 is 7.55. The molecule has 2 amide bonds. The number of amides is 2. The van der Waals surface area contributed by atoms with Crippen molar-refractivity contribution in [1.82, 2.24) is 14.4 Å². The predicted octanol–water partition coefficient (Wildman–Crippen LogP) is 6.57. The van der Waals surface area contributed by atoms with Crippen molar-refractivity contribution in [1.29, 1.82) is 0 Å². The van der Waals surface area contributed by atoms with E-state index in [1.807, 2.05) is 73.5 Å². The second-order valence-electron chi connectivity index (χ2n) is 10.6. The topological polar surface area (TPSA) is 54.8 Å². The molecule has 1 aromatic heterocycles. The van der Waals surface area contributed by atoms with Gasteiger partial charge in [-0.05, 0) is 87.6 Å². The van der Waals surface area contributed by atoms with Gasteiger partial charge in [0, 0.05) is 36.1 Å². The van der Waals surface area contributed by atoms with Crippen LogP contribution in [-0.4, -0.2) is 51.9 Å². The molecule has 0 bridgehead atoms. The van der Waals surface area contributed by atoms with Gasteiger partial charge in [-0.1, -0.05) is 44.5 Å². The van der Waals surface area contributed by atoms with Crippen LogP contribution in [-0.2, 0) is 24.3 Å². The summed E-state index contributed by atoms with van der Waals surface area (Å²) in [7, 11) is 1.67. The first-order valence-electron chi connectivity index (χ1n) is 14.2. The largest absolute Gasteiger partial charge is 0.497 e. The Balaban J connectivity index is 1.76. The van der Waals surface area contributed by atoms with Gasteiger partial charge in [0.15, 0.2) is 0 Å². The van der Waals surface area contributed by atoms with Gasteiger partial charge in [-0.3, -0.25) is 9.59 Å². The lowest BCUT2D eigenvalue weighted by Gasteiger charge is -2.33. The van der Waals surface area contributed by atoms with E-state index in [4.69, 9.17) is 4.74 Å². The van der Waals surface area contributed by atoms with E-state index in [1.54, 1.807) is 12.0 Å². The van der Waals surface area contributed by atoms with Crippen LogP contribution in [0.4, 0.5) is 0 Å². The minimum Gasteiger partial charge on any atom is -0.497 e. The van der Waals surface area contributed by atoms with Crippen LogP contribution in [0, 0.1) is 0 Å². The lowest BCUT2D eigenvalue weighted by atomic mass is 10.1. The monoisotopic (exact) mass is 531 g/mol. The third-order valence-electron chi connectivity index (χ3n) is 7.40. The maximum atomic E-state index is 13.8. The Kier molecular flexibility index (Phi) is 11.2. The first-order chi connectivity index (χ1) is 18.8. The molecule has 0 fully saturated rings. The molecule has 0 radical (unpaired) electrons. The Morgan fingerprint density at radius 3 is 2.31 bits per heavy atom. The summed E-state index contributed by atoms with van der Waals surface area (Å²) in [5.41, 5.74) is 4.04. The molecule has 2 aromatic carbocycles. The highest BCUT2D eigenvalue weighted by atomic mass is 16.5. The molecule has 0 spiro atoms. The molecule has 3 aromatic rings. The third-order valence-corrected chi connectivity index (χ3v) is 7.40. The van der Waals surface area contributed by atoms with Gasteiger partial charge in [-0.25, -0.2) is 0 Å². The number of unbranched alkanes of at least 4 members (excludes halogenated alkanes) is 1. The van der Waals surface area contributed by atoms with Crippen LogP contribution >= 0.6 is 0 Å². The highest BCUT2D eigenvalue weighted by molar-refractivity contribution is 5.96. The van der Waals surface area contributed by atoms with Crippen LogP contribution in [0.25, 0.3) is 0 Å². The quantitative estimate of drug-likeness (QED) is 0.237. The molecule has 0 saturated carbocycles. The lowest BCUT2D eigenvalue weighted by Crippen LogP contribution is -2.48. The van der Waals surface area contributed by atoms with Crippen molar-refractivity contribution in [2.45, 2.75) is 85.5 Å². The van der Waals surface area contributed by atoms with Crippen LogP contribution in [0.3, 0.4) is 0 Å². The second kappa shape index (κ2) is 14.6. The Bertz CT molecular complexity index is 1200. The first-order valence-corrected chi connectivity index (χ1v) is 14.2. The van der Waals surface area contributed by atoms with Gasteiger partial charge in [0.2, 0.25) is 5.91 Å². The zero-order valence-corrected chi connectivity index (χ0v) is 24.5. The van der Waals surface area contributed by atoms with Gasteiger partial charge in [-0.2, -0.15) is 0 Å². The fraction of sp³-hybridized carbons (Fsp3) is 0.455. The van der Waals surface area contributed by atoms with Crippen molar-refractivity contribution in [3.8, 4) is 5.75 Å². The fourth-order valence-electron chi connectivity index (χ4n) is 4.69. The van der Waals surface area contributed by atoms with Gasteiger partial charge in [0.25, 0.3) is 5.91 Å². The number of methoxy groups -OCH3 is 1. The summed E-state index contributed by atoms with van der Waals surface area (Å²) in [6.07, 6.45) is 6.16. The number of hydrogen-bond donors (Lipinski definition) is 0.